The second-order valence-electron chi connectivity index (χ2n) is 5.75. The van der Waals surface area contributed by atoms with E-state index in [4.69, 9.17) is 0 Å². The second-order valence-corrected chi connectivity index (χ2v) is 5.75. The molecule has 2 rings (SSSR count). The standard InChI is InChI=1S/C16H26N2O/c1-13(2)14-6-8-15(9-7-14)16(19)12-17-18-10-4-3-5-11-18/h6-9,13,16-17,19H,3-5,10-12H2,1-2H3. The maximum absolute atomic E-state index is 10.2. The first-order valence-corrected chi connectivity index (χ1v) is 7.43. The molecular weight excluding hydrogens is 236 g/mol. The molecule has 1 aliphatic heterocycles. The van der Waals surface area contributed by atoms with Crippen LogP contribution in [0, 0.1) is 0 Å². The zero-order valence-corrected chi connectivity index (χ0v) is 12.1. The first-order chi connectivity index (χ1) is 9.16. The number of rotatable bonds is 5. The van der Waals surface area contributed by atoms with Gasteiger partial charge in [0.15, 0.2) is 0 Å². The second kappa shape index (κ2) is 7.04. The Morgan fingerprint density at radius 3 is 2.21 bits per heavy atom. The van der Waals surface area contributed by atoms with Crippen LogP contribution in [-0.2, 0) is 0 Å². The van der Waals surface area contributed by atoms with Crippen molar-refractivity contribution in [1.29, 1.82) is 0 Å². The van der Waals surface area contributed by atoms with Gasteiger partial charge in [0.1, 0.15) is 0 Å². The average Bonchev–Trinajstić information content (AvgIpc) is 2.46. The summed E-state index contributed by atoms with van der Waals surface area (Å²) in [6.45, 7) is 7.16. The minimum absolute atomic E-state index is 0.428. The fourth-order valence-corrected chi connectivity index (χ4v) is 2.49. The van der Waals surface area contributed by atoms with Crippen LogP contribution in [0.5, 0.6) is 0 Å². The minimum Gasteiger partial charge on any atom is -0.387 e. The van der Waals surface area contributed by atoms with E-state index in [1.165, 1.54) is 24.8 Å². The van der Waals surface area contributed by atoms with Crippen LogP contribution in [0.1, 0.15) is 56.3 Å². The Labute approximate surface area is 116 Å². The number of hydrogen-bond donors (Lipinski definition) is 2. The monoisotopic (exact) mass is 262 g/mol. The van der Waals surface area contributed by atoms with E-state index in [9.17, 15) is 5.11 Å². The van der Waals surface area contributed by atoms with Gasteiger partial charge in [-0.15, -0.1) is 0 Å². The predicted molar refractivity (Wildman–Crippen MR) is 78.9 cm³/mol. The molecule has 1 unspecified atom stereocenters. The van der Waals surface area contributed by atoms with Crippen LogP contribution in [0.3, 0.4) is 0 Å². The van der Waals surface area contributed by atoms with Crippen LogP contribution in [0.15, 0.2) is 24.3 Å². The number of hydrogen-bond acceptors (Lipinski definition) is 3. The van der Waals surface area contributed by atoms with Crippen molar-refractivity contribution in [2.75, 3.05) is 19.6 Å². The Kier molecular flexibility index (Phi) is 5.37. The molecule has 0 aliphatic carbocycles. The summed E-state index contributed by atoms with van der Waals surface area (Å²) >= 11 is 0. The maximum atomic E-state index is 10.2. The van der Waals surface area contributed by atoms with Gasteiger partial charge in [-0.25, -0.2) is 5.01 Å². The van der Waals surface area contributed by atoms with Gasteiger partial charge < -0.3 is 5.11 Å². The van der Waals surface area contributed by atoms with Crippen LogP contribution in [0.4, 0.5) is 0 Å². The fraction of sp³-hybridized carbons (Fsp3) is 0.625. The summed E-state index contributed by atoms with van der Waals surface area (Å²) in [5.41, 5.74) is 5.65. The number of piperidine rings is 1. The number of nitrogens with zero attached hydrogens (tertiary/aromatic N) is 1. The minimum atomic E-state index is -0.428. The predicted octanol–water partition coefficient (Wildman–Crippen LogP) is 2.83. The largest absolute Gasteiger partial charge is 0.387 e. The number of aliphatic hydroxyl groups excluding tert-OH is 1. The molecular formula is C16H26N2O. The Bertz CT molecular complexity index is 369. The molecule has 1 heterocycles. The first kappa shape index (κ1) is 14.5. The lowest BCUT2D eigenvalue weighted by atomic mass is 10.00. The number of nitrogens with one attached hydrogen (secondary N) is 1. The van der Waals surface area contributed by atoms with Gasteiger partial charge in [-0.3, -0.25) is 5.43 Å². The van der Waals surface area contributed by atoms with Gasteiger partial charge in [0.2, 0.25) is 0 Å². The van der Waals surface area contributed by atoms with E-state index < -0.39 is 6.10 Å². The van der Waals surface area contributed by atoms with Crippen molar-refractivity contribution < 1.29 is 5.11 Å². The lowest BCUT2D eigenvalue weighted by Gasteiger charge is -2.28. The third kappa shape index (κ3) is 4.30. The molecule has 0 spiro atoms. The number of aliphatic hydroxyl groups is 1. The number of hydrazine groups is 1. The van der Waals surface area contributed by atoms with E-state index in [2.05, 4.69) is 36.4 Å². The summed E-state index contributed by atoms with van der Waals surface area (Å²) in [5.74, 6) is 0.540. The highest BCUT2D eigenvalue weighted by atomic mass is 16.3. The summed E-state index contributed by atoms with van der Waals surface area (Å²) in [7, 11) is 0. The molecule has 1 aromatic carbocycles. The summed E-state index contributed by atoms with van der Waals surface area (Å²) in [6, 6.07) is 8.31. The van der Waals surface area contributed by atoms with Crippen molar-refractivity contribution in [1.82, 2.24) is 10.4 Å². The van der Waals surface area contributed by atoms with Gasteiger partial charge in [-0.2, -0.15) is 0 Å². The molecule has 3 nitrogen and oxygen atoms in total. The summed E-state index contributed by atoms with van der Waals surface area (Å²) < 4.78 is 0. The molecule has 1 fully saturated rings. The van der Waals surface area contributed by atoms with Crippen molar-refractivity contribution in [3.8, 4) is 0 Å². The highest BCUT2D eigenvalue weighted by Crippen LogP contribution is 2.18. The Hall–Kier alpha value is -0.900. The van der Waals surface area contributed by atoms with E-state index >= 15 is 0 Å². The Morgan fingerprint density at radius 1 is 1.05 bits per heavy atom. The lowest BCUT2D eigenvalue weighted by Crippen LogP contribution is -2.43. The normalized spacial score (nSPS) is 18.7. The van der Waals surface area contributed by atoms with Crippen molar-refractivity contribution in [3.63, 3.8) is 0 Å². The van der Waals surface area contributed by atoms with E-state index in [0.717, 1.165) is 18.7 Å². The first-order valence-electron chi connectivity index (χ1n) is 7.43. The van der Waals surface area contributed by atoms with Crippen LogP contribution in [-0.4, -0.2) is 29.7 Å². The van der Waals surface area contributed by atoms with Crippen LogP contribution in [0.2, 0.25) is 0 Å². The molecule has 0 amide bonds. The molecule has 0 saturated carbocycles. The molecule has 0 radical (unpaired) electrons. The third-order valence-corrected chi connectivity index (χ3v) is 3.85. The average molecular weight is 262 g/mol. The summed E-state index contributed by atoms with van der Waals surface area (Å²) in [5, 5.41) is 12.4. The van der Waals surface area contributed by atoms with Gasteiger partial charge >= 0.3 is 0 Å². The quantitative estimate of drug-likeness (QED) is 0.856. The fourth-order valence-electron chi connectivity index (χ4n) is 2.49. The summed E-state index contributed by atoms with van der Waals surface area (Å²) in [6.07, 6.45) is 3.42. The molecule has 3 heteroatoms. The van der Waals surface area contributed by atoms with E-state index in [1.807, 2.05) is 12.1 Å². The van der Waals surface area contributed by atoms with E-state index in [-0.39, 0.29) is 0 Å². The molecule has 2 N–H and O–H groups in total. The lowest BCUT2D eigenvalue weighted by molar-refractivity contribution is 0.0996. The SMILES string of the molecule is CC(C)c1ccc(C(O)CNN2CCCCC2)cc1. The van der Waals surface area contributed by atoms with E-state index in [1.54, 1.807) is 0 Å². The molecule has 1 atom stereocenters. The van der Waals surface area contributed by atoms with Gasteiger partial charge in [0, 0.05) is 19.6 Å². The molecule has 0 aromatic heterocycles. The molecule has 1 saturated heterocycles. The van der Waals surface area contributed by atoms with E-state index in [0.29, 0.717) is 12.5 Å². The van der Waals surface area contributed by atoms with Gasteiger partial charge in [-0.1, -0.05) is 44.5 Å². The number of benzene rings is 1. The van der Waals surface area contributed by atoms with Crippen molar-refractivity contribution >= 4 is 0 Å². The van der Waals surface area contributed by atoms with Crippen molar-refractivity contribution in [3.05, 3.63) is 35.4 Å². The van der Waals surface area contributed by atoms with Crippen LogP contribution >= 0.6 is 0 Å². The van der Waals surface area contributed by atoms with Gasteiger partial charge in [-0.05, 0) is 29.9 Å². The highest BCUT2D eigenvalue weighted by molar-refractivity contribution is 5.26. The molecule has 1 aliphatic rings. The van der Waals surface area contributed by atoms with Gasteiger partial charge in [0.05, 0.1) is 6.10 Å². The molecule has 0 bridgehead atoms. The smallest absolute Gasteiger partial charge is 0.0928 e. The topological polar surface area (TPSA) is 35.5 Å². The molecule has 19 heavy (non-hydrogen) atoms. The molecule has 106 valence electrons. The Morgan fingerprint density at radius 2 is 1.63 bits per heavy atom. The third-order valence-electron chi connectivity index (χ3n) is 3.85. The van der Waals surface area contributed by atoms with Crippen molar-refractivity contribution in [2.24, 2.45) is 0 Å². The van der Waals surface area contributed by atoms with Crippen molar-refractivity contribution in [2.45, 2.75) is 45.1 Å². The zero-order valence-electron chi connectivity index (χ0n) is 12.1. The zero-order chi connectivity index (χ0) is 13.7. The Balaban J connectivity index is 1.83. The van der Waals surface area contributed by atoms with Crippen LogP contribution < -0.4 is 5.43 Å². The van der Waals surface area contributed by atoms with Gasteiger partial charge in [0.25, 0.3) is 0 Å². The summed E-state index contributed by atoms with van der Waals surface area (Å²) in [4.78, 5) is 0. The highest BCUT2D eigenvalue weighted by Gasteiger charge is 2.13. The van der Waals surface area contributed by atoms with Crippen LogP contribution in [0.25, 0.3) is 0 Å². The maximum Gasteiger partial charge on any atom is 0.0928 e. The molecule has 1 aromatic rings.